The lowest BCUT2D eigenvalue weighted by Gasteiger charge is -2.25. The van der Waals surface area contributed by atoms with Gasteiger partial charge in [-0.25, -0.2) is 0 Å². The van der Waals surface area contributed by atoms with Crippen LogP contribution in [0.5, 0.6) is 0 Å². The third-order valence-electron chi connectivity index (χ3n) is 3.67. The Morgan fingerprint density at radius 2 is 2.18 bits per heavy atom. The Hall–Kier alpha value is -0.480. The molecule has 1 saturated heterocycles. The van der Waals surface area contributed by atoms with Gasteiger partial charge in [-0.3, -0.25) is 4.79 Å². The Morgan fingerprint density at radius 1 is 1.35 bits per heavy atom. The number of amides is 1. The van der Waals surface area contributed by atoms with Crippen molar-refractivity contribution in [2.24, 2.45) is 5.92 Å². The van der Waals surface area contributed by atoms with Crippen molar-refractivity contribution in [2.45, 2.75) is 31.1 Å². The number of carbonyl (C=O) groups is 1. The van der Waals surface area contributed by atoms with Crippen molar-refractivity contribution in [3.05, 3.63) is 22.4 Å². The molecule has 2 fully saturated rings. The molecule has 2 nitrogen and oxygen atoms in total. The normalized spacial score (nSPS) is 25.6. The lowest BCUT2D eigenvalue weighted by molar-refractivity contribution is -0.135. The van der Waals surface area contributed by atoms with Crippen LogP contribution in [0.1, 0.15) is 35.9 Å². The van der Waals surface area contributed by atoms with E-state index >= 15 is 0 Å². The topological polar surface area (TPSA) is 20.3 Å². The summed E-state index contributed by atoms with van der Waals surface area (Å²) in [5.74, 6) is 1.81. The molecule has 1 amide bonds. The van der Waals surface area contributed by atoms with E-state index in [1.165, 1.54) is 17.7 Å². The van der Waals surface area contributed by atoms with E-state index in [1.54, 1.807) is 11.3 Å². The Kier molecular flexibility index (Phi) is 3.43. The first-order valence-corrected chi connectivity index (χ1v) is 8.24. The summed E-state index contributed by atoms with van der Waals surface area (Å²) in [6.45, 7) is 0.933. The van der Waals surface area contributed by atoms with E-state index in [0.717, 1.165) is 25.1 Å². The molecule has 1 aromatic rings. The number of thiophene rings is 1. The summed E-state index contributed by atoms with van der Waals surface area (Å²) in [5.41, 5.74) is 0. The van der Waals surface area contributed by atoms with Crippen LogP contribution in [0.2, 0.25) is 0 Å². The molecule has 92 valence electrons. The highest BCUT2D eigenvalue weighted by molar-refractivity contribution is 7.99. The second-order valence-corrected chi connectivity index (χ2v) is 6.92. The highest BCUT2D eigenvalue weighted by Crippen LogP contribution is 2.42. The highest BCUT2D eigenvalue weighted by Gasteiger charge is 2.35. The first kappa shape index (κ1) is 11.6. The summed E-state index contributed by atoms with van der Waals surface area (Å²) in [6, 6.07) is 4.24. The Labute approximate surface area is 110 Å². The SMILES string of the molecule is O=C(C1CCCC1)N1CCSC1c1cccs1. The van der Waals surface area contributed by atoms with Gasteiger partial charge in [0.2, 0.25) is 5.91 Å². The van der Waals surface area contributed by atoms with Crippen LogP contribution in [0, 0.1) is 5.92 Å². The molecular weight excluding hydrogens is 250 g/mol. The average Bonchev–Trinajstić information content (AvgIpc) is 3.09. The van der Waals surface area contributed by atoms with Crippen LogP contribution in [0.4, 0.5) is 0 Å². The molecule has 0 spiro atoms. The van der Waals surface area contributed by atoms with E-state index in [1.807, 2.05) is 11.8 Å². The largest absolute Gasteiger partial charge is 0.325 e. The smallest absolute Gasteiger partial charge is 0.226 e. The fourth-order valence-electron chi connectivity index (χ4n) is 2.77. The Balaban J connectivity index is 1.75. The van der Waals surface area contributed by atoms with Crippen LogP contribution in [-0.4, -0.2) is 23.1 Å². The number of rotatable bonds is 2. The van der Waals surface area contributed by atoms with E-state index in [9.17, 15) is 4.79 Å². The van der Waals surface area contributed by atoms with E-state index in [0.29, 0.717) is 17.2 Å². The van der Waals surface area contributed by atoms with Crippen molar-refractivity contribution in [3.63, 3.8) is 0 Å². The quantitative estimate of drug-likeness (QED) is 0.817. The van der Waals surface area contributed by atoms with Gasteiger partial charge in [-0.05, 0) is 24.3 Å². The van der Waals surface area contributed by atoms with Crippen LogP contribution in [-0.2, 0) is 4.79 Å². The molecule has 1 saturated carbocycles. The van der Waals surface area contributed by atoms with Gasteiger partial charge in [0.05, 0.1) is 0 Å². The van der Waals surface area contributed by atoms with Crippen molar-refractivity contribution < 1.29 is 4.79 Å². The first-order chi connectivity index (χ1) is 8.36. The fourth-order valence-corrected chi connectivity index (χ4v) is 5.01. The second-order valence-electron chi connectivity index (χ2n) is 4.75. The molecule has 0 radical (unpaired) electrons. The zero-order valence-corrected chi connectivity index (χ0v) is 11.4. The Bertz CT molecular complexity index is 384. The number of carbonyl (C=O) groups excluding carboxylic acids is 1. The summed E-state index contributed by atoms with van der Waals surface area (Å²) >= 11 is 3.68. The monoisotopic (exact) mass is 267 g/mol. The molecule has 4 heteroatoms. The molecule has 0 bridgehead atoms. The van der Waals surface area contributed by atoms with Crippen molar-refractivity contribution in [3.8, 4) is 0 Å². The maximum atomic E-state index is 12.5. The van der Waals surface area contributed by atoms with Crippen molar-refractivity contribution in [2.75, 3.05) is 12.3 Å². The van der Waals surface area contributed by atoms with Gasteiger partial charge in [-0.2, -0.15) is 0 Å². The summed E-state index contributed by atoms with van der Waals surface area (Å²) in [6.07, 6.45) is 4.69. The molecule has 1 unspecified atom stereocenters. The van der Waals surface area contributed by atoms with Crippen LogP contribution < -0.4 is 0 Å². The van der Waals surface area contributed by atoms with E-state index in [4.69, 9.17) is 0 Å². The number of thioether (sulfide) groups is 1. The molecule has 0 aromatic carbocycles. The molecule has 0 N–H and O–H groups in total. The van der Waals surface area contributed by atoms with Gasteiger partial charge in [0.15, 0.2) is 0 Å². The Morgan fingerprint density at radius 3 is 2.88 bits per heavy atom. The highest BCUT2D eigenvalue weighted by atomic mass is 32.2. The van der Waals surface area contributed by atoms with Crippen molar-refractivity contribution in [1.82, 2.24) is 4.90 Å². The number of hydrogen-bond acceptors (Lipinski definition) is 3. The summed E-state index contributed by atoms with van der Waals surface area (Å²) in [4.78, 5) is 15.9. The summed E-state index contributed by atoms with van der Waals surface area (Å²) in [7, 11) is 0. The minimum absolute atomic E-state index is 0.295. The maximum absolute atomic E-state index is 12.5. The minimum atomic E-state index is 0.295. The third-order valence-corrected chi connectivity index (χ3v) is 5.98. The van der Waals surface area contributed by atoms with Crippen molar-refractivity contribution >= 4 is 29.0 Å². The van der Waals surface area contributed by atoms with Gasteiger partial charge in [-0.15, -0.1) is 23.1 Å². The van der Waals surface area contributed by atoms with Gasteiger partial charge >= 0.3 is 0 Å². The van der Waals surface area contributed by atoms with E-state index in [2.05, 4.69) is 22.4 Å². The molecular formula is C13H17NOS2. The van der Waals surface area contributed by atoms with Gasteiger partial charge in [-0.1, -0.05) is 18.9 Å². The van der Waals surface area contributed by atoms with Crippen LogP contribution >= 0.6 is 23.1 Å². The van der Waals surface area contributed by atoms with Crippen LogP contribution in [0.25, 0.3) is 0 Å². The molecule has 1 aromatic heterocycles. The number of hydrogen-bond donors (Lipinski definition) is 0. The van der Waals surface area contributed by atoms with Crippen molar-refractivity contribution in [1.29, 1.82) is 0 Å². The van der Waals surface area contributed by atoms with E-state index < -0.39 is 0 Å². The average molecular weight is 267 g/mol. The summed E-state index contributed by atoms with van der Waals surface area (Å²) < 4.78 is 0. The molecule has 3 rings (SSSR count). The molecule has 1 aliphatic heterocycles. The van der Waals surface area contributed by atoms with Gasteiger partial charge < -0.3 is 4.90 Å². The molecule has 2 heterocycles. The third kappa shape index (κ3) is 2.25. The molecule has 1 aliphatic carbocycles. The summed E-state index contributed by atoms with van der Waals surface area (Å²) in [5, 5.41) is 2.40. The standard InChI is InChI=1S/C13H17NOS2/c15-12(10-4-1-2-5-10)14-7-9-17-13(14)11-6-3-8-16-11/h3,6,8,10,13H,1-2,4-5,7,9H2. The molecule has 17 heavy (non-hydrogen) atoms. The maximum Gasteiger partial charge on any atom is 0.226 e. The van der Waals surface area contributed by atoms with Gasteiger partial charge in [0.1, 0.15) is 5.37 Å². The van der Waals surface area contributed by atoms with Gasteiger partial charge in [0.25, 0.3) is 0 Å². The fraction of sp³-hybridized carbons (Fsp3) is 0.615. The van der Waals surface area contributed by atoms with E-state index in [-0.39, 0.29) is 0 Å². The number of nitrogens with zero attached hydrogens (tertiary/aromatic N) is 1. The lowest BCUT2D eigenvalue weighted by atomic mass is 10.1. The lowest BCUT2D eigenvalue weighted by Crippen LogP contribution is -2.34. The zero-order valence-electron chi connectivity index (χ0n) is 9.80. The van der Waals surface area contributed by atoms with Crippen LogP contribution in [0.15, 0.2) is 17.5 Å². The first-order valence-electron chi connectivity index (χ1n) is 6.32. The minimum Gasteiger partial charge on any atom is -0.325 e. The van der Waals surface area contributed by atoms with Gasteiger partial charge in [0, 0.05) is 23.1 Å². The zero-order chi connectivity index (χ0) is 11.7. The predicted molar refractivity (Wildman–Crippen MR) is 73.2 cm³/mol. The van der Waals surface area contributed by atoms with Crippen LogP contribution in [0.3, 0.4) is 0 Å². The molecule has 2 aliphatic rings. The molecule has 1 atom stereocenters. The predicted octanol–water partition coefficient (Wildman–Crippen LogP) is 3.51. The second kappa shape index (κ2) is 5.02.